The van der Waals surface area contributed by atoms with Crippen molar-refractivity contribution in [2.45, 2.75) is 84.0 Å². The molecule has 1 heterocycles. The van der Waals surface area contributed by atoms with E-state index in [1.54, 1.807) is 12.1 Å². The zero-order chi connectivity index (χ0) is 20.1. The number of nitrogens with zero attached hydrogens (tertiary/aromatic N) is 1. The maximum Gasteiger partial charge on any atom is 0.274 e. The van der Waals surface area contributed by atoms with Crippen molar-refractivity contribution in [3.63, 3.8) is 0 Å². The van der Waals surface area contributed by atoms with Crippen LogP contribution in [0.2, 0.25) is 0 Å². The fourth-order valence-electron chi connectivity index (χ4n) is 5.59. The van der Waals surface area contributed by atoms with Crippen LogP contribution in [0.15, 0.2) is 18.2 Å². The summed E-state index contributed by atoms with van der Waals surface area (Å²) < 4.78 is 20.2. The Bertz CT molecular complexity index is 759. The molecule has 0 atom stereocenters. The van der Waals surface area contributed by atoms with Crippen molar-refractivity contribution in [3.8, 4) is 5.19 Å². The first-order valence-corrected chi connectivity index (χ1v) is 12.7. The van der Waals surface area contributed by atoms with Crippen LogP contribution in [0, 0.1) is 29.5 Å². The number of rotatable bonds is 8. The highest BCUT2D eigenvalue weighted by Gasteiger charge is 2.31. The molecule has 0 unspecified atom stereocenters. The maximum absolute atomic E-state index is 13.3. The van der Waals surface area contributed by atoms with Crippen LogP contribution in [0.4, 0.5) is 4.39 Å². The minimum absolute atomic E-state index is 0.207. The number of halogens is 1. The number of thiazole rings is 1. The fraction of sp³-hybridized carbons (Fsp3) is 0.720. The average molecular weight is 418 g/mol. The van der Waals surface area contributed by atoms with Gasteiger partial charge in [-0.3, -0.25) is 0 Å². The van der Waals surface area contributed by atoms with E-state index in [-0.39, 0.29) is 5.82 Å². The molecule has 0 bridgehead atoms. The van der Waals surface area contributed by atoms with Gasteiger partial charge in [0.05, 0.1) is 16.8 Å². The molecule has 1 aromatic carbocycles. The van der Waals surface area contributed by atoms with Crippen molar-refractivity contribution in [2.24, 2.45) is 23.7 Å². The van der Waals surface area contributed by atoms with E-state index in [0.29, 0.717) is 11.1 Å². The number of hydrogen-bond acceptors (Lipinski definition) is 3. The normalized spacial score (nSPS) is 27.9. The molecule has 2 saturated carbocycles. The van der Waals surface area contributed by atoms with Crippen molar-refractivity contribution in [1.82, 2.24) is 4.98 Å². The lowest BCUT2D eigenvalue weighted by Crippen LogP contribution is -2.27. The first-order chi connectivity index (χ1) is 14.2. The van der Waals surface area contributed by atoms with Crippen LogP contribution < -0.4 is 4.74 Å². The summed E-state index contributed by atoms with van der Waals surface area (Å²) in [6, 6.07) is 4.74. The fourth-order valence-corrected chi connectivity index (χ4v) is 6.43. The number of benzene rings is 1. The van der Waals surface area contributed by atoms with Gasteiger partial charge in [-0.1, -0.05) is 56.8 Å². The van der Waals surface area contributed by atoms with Crippen LogP contribution in [0.1, 0.15) is 84.0 Å². The maximum atomic E-state index is 13.3. The molecule has 2 nitrogen and oxygen atoms in total. The van der Waals surface area contributed by atoms with Crippen LogP contribution in [0.25, 0.3) is 10.2 Å². The van der Waals surface area contributed by atoms with Gasteiger partial charge in [-0.2, -0.15) is 0 Å². The molecule has 2 aromatic rings. The summed E-state index contributed by atoms with van der Waals surface area (Å²) in [5, 5.41) is 0.689. The molecule has 0 spiro atoms. The Kier molecular flexibility index (Phi) is 7.44. The summed E-state index contributed by atoms with van der Waals surface area (Å²) in [5.41, 5.74) is 0.834. The van der Waals surface area contributed by atoms with Gasteiger partial charge < -0.3 is 4.74 Å². The highest BCUT2D eigenvalue weighted by atomic mass is 32.1. The average Bonchev–Trinajstić information content (AvgIpc) is 3.15. The monoisotopic (exact) mass is 417 g/mol. The summed E-state index contributed by atoms with van der Waals surface area (Å²) in [6.45, 7) is 3.07. The van der Waals surface area contributed by atoms with Gasteiger partial charge in [0.25, 0.3) is 5.19 Å². The molecule has 0 radical (unpaired) electrons. The van der Waals surface area contributed by atoms with Crippen molar-refractivity contribution in [3.05, 3.63) is 24.0 Å². The molecule has 2 fully saturated rings. The van der Waals surface area contributed by atoms with Gasteiger partial charge >= 0.3 is 0 Å². The van der Waals surface area contributed by atoms with Gasteiger partial charge in [0.15, 0.2) is 0 Å². The molecule has 2 aliphatic carbocycles. The van der Waals surface area contributed by atoms with E-state index < -0.39 is 0 Å². The van der Waals surface area contributed by atoms with E-state index in [1.807, 2.05) is 0 Å². The second-order valence-corrected chi connectivity index (χ2v) is 10.5. The van der Waals surface area contributed by atoms with Gasteiger partial charge in [-0.05, 0) is 80.4 Å². The lowest BCUT2D eigenvalue weighted by molar-refractivity contribution is 0.121. The van der Waals surface area contributed by atoms with Crippen molar-refractivity contribution < 1.29 is 9.13 Å². The second-order valence-electron chi connectivity index (χ2n) is 9.46. The van der Waals surface area contributed by atoms with E-state index in [4.69, 9.17) is 4.74 Å². The van der Waals surface area contributed by atoms with Gasteiger partial charge in [-0.25, -0.2) is 9.37 Å². The molecule has 4 heteroatoms. The summed E-state index contributed by atoms with van der Waals surface area (Å²) in [4.78, 5) is 4.49. The zero-order valence-corrected chi connectivity index (χ0v) is 18.7. The van der Waals surface area contributed by atoms with Gasteiger partial charge in [-0.15, -0.1) is 0 Å². The lowest BCUT2D eigenvalue weighted by Gasteiger charge is -2.37. The number of fused-ring (bicyclic) bond motifs is 1. The summed E-state index contributed by atoms with van der Waals surface area (Å²) in [6.07, 6.45) is 16.9. The minimum atomic E-state index is -0.207. The van der Waals surface area contributed by atoms with E-state index in [9.17, 15) is 4.39 Å². The molecule has 160 valence electrons. The SMILES string of the molecule is CCCCC[C@H]1CC[C@H](C2CCC(COc3nc4ccc(F)cc4s3)CC2)CC1. The summed E-state index contributed by atoms with van der Waals surface area (Å²) >= 11 is 1.46. The Morgan fingerprint density at radius 1 is 0.966 bits per heavy atom. The zero-order valence-electron chi connectivity index (χ0n) is 17.9. The van der Waals surface area contributed by atoms with E-state index in [1.165, 1.54) is 94.5 Å². The Morgan fingerprint density at radius 3 is 2.34 bits per heavy atom. The molecule has 0 amide bonds. The first kappa shape index (κ1) is 21.1. The third kappa shape index (κ3) is 5.71. The largest absolute Gasteiger partial charge is 0.470 e. The molecular weight excluding hydrogens is 381 g/mol. The number of unbranched alkanes of at least 4 members (excludes halogenated alkanes) is 2. The molecule has 0 N–H and O–H groups in total. The van der Waals surface area contributed by atoms with Crippen molar-refractivity contribution >= 4 is 21.6 Å². The molecule has 29 heavy (non-hydrogen) atoms. The van der Waals surface area contributed by atoms with E-state index in [2.05, 4.69) is 11.9 Å². The molecule has 4 rings (SSSR count). The second kappa shape index (κ2) is 10.2. The smallest absolute Gasteiger partial charge is 0.274 e. The standard InChI is InChI=1S/C25H36FNOS/c1-2-3-4-5-18-6-10-20(11-7-18)21-12-8-19(9-13-21)17-28-25-27-23-15-14-22(26)16-24(23)29-25/h14-16,18-21H,2-13,17H2,1H3/t18-,19?,20-,21?. The van der Waals surface area contributed by atoms with Gasteiger partial charge in [0, 0.05) is 0 Å². The van der Waals surface area contributed by atoms with Crippen LogP contribution in [-0.4, -0.2) is 11.6 Å². The topological polar surface area (TPSA) is 22.1 Å². The van der Waals surface area contributed by atoms with Crippen LogP contribution in [-0.2, 0) is 0 Å². The highest BCUT2D eigenvalue weighted by Crippen LogP contribution is 2.42. The molecule has 0 aliphatic heterocycles. The van der Waals surface area contributed by atoms with Crippen LogP contribution in [0.3, 0.4) is 0 Å². The van der Waals surface area contributed by atoms with Crippen molar-refractivity contribution in [2.75, 3.05) is 6.61 Å². The van der Waals surface area contributed by atoms with Crippen LogP contribution >= 0.6 is 11.3 Å². The minimum Gasteiger partial charge on any atom is -0.470 e. The van der Waals surface area contributed by atoms with Crippen LogP contribution in [0.5, 0.6) is 5.19 Å². The molecule has 2 aliphatic rings. The predicted molar refractivity (Wildman–Crippen MR) is 120 cm³/mol. The third-order valence-electron chi connectivity index (χ3n) is 7.44. The Morgan fingerprint density at radius 2 is 1.66 bits per heavy atom. The number of aromatic nitrogens is 1. The highest BCUT2D eigenvalue weighted by molar-refractivity contribution is 7.20. The van der Waals surface area contributed by atoms with E-state index in [0.717, 1.165) is 34.6 Å². The first-order valence-electron chi connectivity index (χ1n) is 11.9. The Labute approximate surface area is 179 Å². The van der Waals surface area contributed by atoms with Gasteiger partial charge in [0.2, 0.25) is 0 Å². The molecular formula is C25H36FNOS. The Hall–Kier alpha value is -1.16. The summed E-state index contributed by atoms with van der Waals surface area (Å²) in [7, 11) is 0. The lowest BCUT2D eigenvalue weighted by atomic mass is 9.69. The number of ether oxygens (including phenoxy) is 1. The van der Waals surface area contributed by atoms with E-state index >= 15 is 0 Å². The van der Waals surface area contributed by atoms with Crippen molar-refractivity contribution in [1.29, 1.82) is 0 Å². The molecule has 0 saturated heterocycles. The van der Waals surface area contributed by atoms with Gasteiger partial charge in [0.1, 0.15) is 5.82 Å². The quantitative estimate of drug-likeness (QED) is 0.406. The predicted octanol–water partition coefficient (Wildman–Crippen LogP) is 8.01. The summed E-state index contributed by atoms with van der Waals surface area (Å²) in [5.74, 6) is 3.40. The number of hydrogen-bond donors (Lipinski definition) is 0. The molecule has 1 aromatic heterocycles. The third-order valence-corrected chi connectivity index (χ3v) is 8.37. The Balaban J connectivity index is 1.17.